The third-order valence-corrected chi connectivity index (χ3v) is 3.95. The van der Waals surface area contributed by atoms with Crippen molar-refractivity contribution in [1.82, 2.24) is 10.2 Å². The number of nitrogens with zero attached hydrogens (tertiary/aromatic N) is 1. The van der Waals surface area contributed by atoms with Crippen LogP contribution in [-0.2, 0) is 16.0 Å². The van der Waals surface area contributed by atoms with Crippen molar-refractivity contribution in [3.05, 3.63) is 35.9 Å². The van der Waals surface area contributed by atoms with Gasteiger partial charge in [0, 0.05) is 20.3 Å². The van der Waals surface area contributed by atoms with Gasteiger partial charge in [0.1, 0.15) is 0 Å². The summed E-state index contributed by atoms with van der Waals surface area (Å²) in [5, 5.41) is 3.50. The normalized spacial score (nSPS) is 22.3. The van der Waals surface area contributed by atoms with E-state index in [1.54, 1.807) is 7.11 Å². The highest BCUT2D eigenvalue weighted by Crippen LogP contribution is 2.20. The Kier molecular flexibility index (Phi) is 5.76. The Morgan fingerprint density at radius 3 is 2.62 bits per heavy atom. The number of carbonyl (C=O) groups is 1. The van der Waals surface area contributed by atoms with Crippen molar-refractivity contribution in [1.29, 1.82) is 0 Å². The second-order valence-corrected chi connectivity index (χ2v) is 5.98. The van der Waals surface area contributed by atoms with Gasteiger partial charge in [0.2, 0.25) is 5.91 Å². The topological polar surface area (TPSA) is 41.6 Å². The van der Waals surface area contributed by atoms with Gasteiger partial charge in [0.25, 0.3) is 0 Å². The first-order valence-corrected chi connectivity index (χ1v) is 7.73. The first kappa shape index (κ1) is 16.0. The lowest BCUT2D eigenvalue weighted by atomic mass is 10.1. The first-order valence-electron chi connectivity index (χ1n) is 7.73. The number of amides is 1. The Morgan fingerprint density at radius 1 is 1.29 bits per heavy atom. The molecule has 0 saturated carbocycles. The third kappa shape index (κ3) is 4.05. The molecule has 1 aromatic carbocycles. The van der Waals surface area contributed by atoms with E-state index in [1.165, 1.54) is 5.56 Å². The molecule has 1 aliphatic heterocycles. The van der Waals surface area contributed by atoms with Gasteiger partial charge in [-0.1, -0.05) is 44.2 Å². The number of methoxy groups -OCH3 is 1. The molecule has 1 amide bonds. The fourth-order valence-corrected chi connectivity index (χ4v) is 2.88. The van der Waals surface area contributed by atoms with Crippen molar-refractivity contribution in [2.75, 3.05) is 20.3 Å². The lowest BCUT2D eigenvalue weighted by molar-refractivity contribution is -0.130. The smallest absolute Gasteiger partial charge is 0.241 e. The molecular weight excluding hydrogens is 264 g/mol. The first-order chi connectivity index (χ1) is 10.1. The molecule has 1 saturated heterocycles. The highest BCUT2D eigenvalue weighted by atomic mass is 16.5. The summed E-state index contributed by atoms with van der Waals surface area (Å²) >= 11 is 0. The van der Waals surface area contributed by atoms with Crippen LogP contribution in [-0.4, -0.2) is 43.3 Å². The Morgan fingerprint density at radius 2 is 2.00 bits per heavy atom. The van der Waals surface area contributed by atoms with Gasteiger partial charge in [-0.15, -0.1) is 0 Å². The monoisotopic (exact) mass is 290 g/mol. The van der Waals surface area contributed by atoms with E-state index < -0.39 is 0 Å². The van der Waals surface area contributed by atoms with E-state index in [4.69, 9.17) is 4.74 Å². The quantitative estimate of drug-likeness (QED) is 0.782. The molecule has 0 aromatic heterocycles. The zero-order valence-electron chi connectivity index (χ0n) is 13.2. The Bertz CT molecular complexity index is 447. The van der Waals surface area contributed by atoms with Crippen molar-refractivity contribution >= 4 is 5.91 Å². The maximum Gasteiger partial charge on any atom is 0.241 e. The number of benzene rings is 1. The van der Waals surface area contributed by atoms with Gasteiger partial charge in [-0.3, -0.25) is 10.1 Å². The maximum atomic E-state index is 12.6. The predicted molar refractivity (Wildman–Crippen MR) is 83.9 cm³/mol. The Hall–Kier alpha value is -1.39. The van der Waals surface area contributed by atoms with Gasteiger partial charge in [-0.05, 0) is 24.3 Å². The zero-order chi connectivity index (χ0) is 15.2. The summed E-state index contributed by atoms with van der Waals surface area (Å²) in [6.45, 7) is 5.75. The number of hydrogen-bond acceptors (Lipinski definition) is 3. The molecule has 2 unspecified atom stereocenters. The van der Waals surface area contributed by atoms with Crippen LogP contribution in [0.2, 0.25) is 0 Å². The van der Waals surface area contributed by atoms with Crippen LogP contribution in [0.1, 0.15) is 25.8 Å². The molecule has 0 spiro atoms. The molecule has 2 rings (SSSR count). The van der Waals surface area contributed by atoms with E-state index in [0.717, 1.165) is 19.4 Å². The molecule has 4 heteroatoms. The fraction of sp³-hybridized carbons (Fsp3) is 0.588. The number of nitrogens with one attached hydrogen (secondary N) is 1. The zero-order valence-corrected chi connectivity index (χ0v) is 13.2. The van der Waals surface area contributed by atoms with E-state index in [-0.39, 0.29) is 18.1 Å². The Balaban J connectivity index is 2.02. The van der Waals surface area contributed by atoms with Crippen LogP contribution in [0, 0.1) is 5.92 Å². The molecule has 1 fully saturated rings. The average molecular weight is 290 g/mol. The van der Waals surface area contributed by atoms with Gasteiger partial charge in [0.15, 0.2) is 0 Å². The van der Waals surface area contributed by atoms with Gasteiger partial charge in [0.05, 0.1) is 12.2 Å². The minimum absolute atomic E-state index is 0.109. The molecule has 1 aliphatic rings. The van der Waals surface area contributed by atoms with Crippen LogP contribution in [0.25, 0.3) is 0 Å². The standard InChI is InChI=1S/C17H26N2O2/c1-13(2)16-18-15(12-14-8-5-4-6-9-14)17(20)19(16)10-7-11-21-3/h4-6,8-9,13,15-16,18H,7,10-12H2,1-3H3. The van der Waals surface area contributed by atoms with E-state index in [9.17, 15) is 4.79 Å². The molecule has 2 atom stereocenters. The molecule has 0 radical (unpaired) electrons. The lowest BCUT2D eigenvalue weighted by Crippen LogP contribution is -2.42. The highest BCUT2D eigenvalue weighted by molar-refractivity contribution is 5.84. The van der Waals surface area contributed by atoms with E-state index in [2.05, 4.69) is 31.3 Å². The van der Waals surface area contributed by atoms with Gasteiger partial charge >= 0.3 is 0 Å². The minimum Gasteiger partial charge on any atom is -0.385 e. The molecule has 4 nitrogen and oxygen atoms in total. The van der Waals surface area contributed by atoms with E-state index in [0.29, 0.717) is 12.5 Å². The van der Waals surface area contributed by atoms with Gasteiger partial charge in [-0.2, -0.15) is 0 Å². The summed E-state index contributed by atoms with van der Waals surface area (Å²) in [5.74, 6) is 0.617. The van der Waals surface area contributed by atoms with Crippen molar-refractivity contribution in [2.45, 2.75) is 38.9 Å². The molecule has 0 bridgehead atoms. The van der Waals surface area contributed by atoms with Crippen LogP contribution in [0.15, 0.2) is 30.3 Å². The second-order valence-electron chi connectivity index (χ2n) is 5.98. The summed E-state index contributed by atoms with van der Waals surface area (Å²) in [6.07, 6.45) is 1.76. The van der Waals surface area contributed by atoms with E-state index >= 15 is 0 Å². The number of carbonyl (C=O) groups excluding carboxylic acids is 1. The summed E-state index contributed by atoms with van der Waals surface area (Å²) in [7, 11) is 1.70. The molecule has 21 heavy (non-hydrogen) atoms. The lowest BCUT2D eigenvalue weighted by Gasteiger charge is -2.27. The molecule has 1 aromatic rings. The molecule has 116 valence electrons. The predicted octanol–water partition coefficient (Wildman–Crippen LogP) is 2.05. The molecule has 1 heterocycles. The number of hydrogen-bond donors (Lipinski definition) is 1. The summed E-state index contributed by atoms with van der Waals surface area (Å²) in [4.78, 5) is 14.6. The SMILES string of the molecule is COCCCN1C(=O)C(Cc2ccccc2)NC1C(C)C. The largest absolute Gasteiger partial charge is 0.385 e. The summed E-state index contributed by atoms with van der Waals surface area (Å²) in [6, 6.07) is 10.1. The highest BCUT2D eigenvalue weighted by Gasteiger charge is 2.39. The number of ether oxygens (including phenoxy) is 1. The maximum absolute atomic E-state index is 12.6. The average Bonchev–Trinajstić information content (AvgIpc) is 2.78. The second kappa shape index (κ2) is 7.57. The number of rotatable bonds is 7. The third-order valence-electron chi connectivity index (χ3n) is 3.95. The molecular formula is C17H26N2O2. The minimum atomic E-state index is -0.109. The Labute approximate surface area is 127 Å². The van der Waals surface area contributed by atoms with Crippen molar-refractivity contribution in [3.8, 4) is 0 Å². The van der Waals surface area contributed by atoms with Crippen molar-refractivity contribution in [2.24, 2.45) is 5.92 Å². The molecule has 1 N–H and O–H groups in total. The van der Waals surface area contributed by atoms with Crippen LogP contribution in [0.5, 0.6) is 0 Å². The summed E-state index contributed by atoms with van der Waals surface area (Å²) < 4.78 is 5.10. The van der Waals surface area contributed by atoms with Crippen molar-refractivity contribution in [3.63, 3.8) is 0 Å². The molecule has 0 aliphatic carbocycles. The fourth-order valence-electron chi connectivity index (χ4n) is 2.88. The summed E-state index contributed by atoms with van der Waals surface area (Å²) in [5.41, 5.74) is 1.20. The van der Waals surface area contributed by atoms with Gasteiger partial charge < -0.3 is 9.64 Å². The van der Waals surface area contributed by atoms with E-state index in [1.807, 2.05) is 23.1 Å². The van der Waals surface area contributed by atoms with Crippen molar-refractivity contribution < 1.29 is 9.53 Å². The van der Waals surface area contributed by atoms with Crippen LogP contribution in [0.3, 0.4) is 0 Å². The van der Waals surface area contributed by atoms with Crippen LogP contribution >= 0.6 is 0 Å². The van der Waals surface area contributed by atoms with Crippen LogP contribution < -0.4 is 5.32 Å². The van der Waals surface area contributed by atoms with Gasteiger partial charge in [-0.25, -0.2) is 0 Å². The van der Waals surface area contributed by atoms with Crippen LogP contribution in [0.4, 0.5) is 0 Å².